The molecule has 2 fully saturated rings. The van der Waals surface area contributed by atoms with E-state index in [4.69, 9.17) is 9.73 Å². The summed E-state index contributed by atoms with van der Waals surface area (Å²) >= 11 is 1.88. The van der Waals surface area contributed by atoms with Gasteiger partial charge in [0.2, 0.25) is 0 Å². The molecule has 0 unspecified atom stereocenters. The Hall–Kier alpha value is -1.73. The lowest BCUT2D eigenvalue weighted by atomic mass is 9.82. The minimum Gasteiger partial charge on any atom is -0.496 e. The molecule has 6 nitrogen and oxygen atoms in total. The van der Waals surface area contributed by atoms with Crippen LogP contribution in [0.15, 0.2) is 17.1 Å². The number of rotatable bonds is 7. The molecule has 1 amide bonds. The standard InChI is InChI=1S/C25H38N4O2S/c1-17-5-7-19(8-6-17)23-27-24(30)25(28-23)10-12-29(13-11-25)32-14-9-21-18(2)15-20(26-3)16-22(21)31-4/h15-17,19,26H,5-14H2,1-4H3,(H,27,28,30). The highest BCUT2D eigenvalue weighted by molar-refractivity contribution is 7.97. The number of nitrogens with one attached hydrogen (secondary N) is 2. The highest BCUT2D eigenvalue weighted by atomic mass is 32.2. The molecule has 176 valence electrons. The number of aliphatic imine (C=N–C) groups is 1. The second-order valence-corrected chi connectivity index (χ2v) is 10.9. The van der Waals surface area contributed by atoms with Gasteiger partial charge in [-0.15, -0.1) is 0 Å². The molecule has 32 heavy (non-hydrogen) atoms. The van der Waals surface area contributed by atoms with Crippen LogP contribution in [0, 0.1) is 18.8 Å². The maximum atomic E-state index is 12.9. The van der Waals surface area contributed by atoms with Crippen LogP contribution in [0.4, 0.5) is 5.69 Å². The molecular formula is C25H38N4O2S. The molecule has 2 heterocycles. The zero-order valence-electron chi connectivity index (χ0n) is 20.0. The van der Waals surface area contributed by atoms with Gasteiger partial charge in [0.25, 0.3) is 5.91 Å². The third kappa shape index (κ3) is 4.93. The van der Waals surface area contributed by atoms with Crippen LogP contribution < -0.4 is 15.4 Å². The number of carbonyl (C=O) groups excluding carboxylic acids is 1. The summed E-state index contributed by atoms with van der Waals surface area (Å²) in [5, 5.41) is 6.37. The molecule has 1 aromatic carbocycles. The third-order valence-corrected chi connectivity index (χ3v) is 8.63. The summed E-state index contributed by atoms with van der Waals surface area (Å²) < 4.78 is 8.04. The smallest absolute Gasteiger partial charge is 0.253 e. The Bertz CT molecular complexity index is 856. The molecule has 1 aromatic rings. The number of anilines is 1. The maximum Gasteiger partial charge on any atom is 0.253 e. The van der Waals surface area contributed by atoms with E-state index in [0.29, 0.717) is 5.92 Å². The summed E-state index contributed by atoms with van der Waals surface area (Å²) in [6, 6.07) is 4.24. The Balaban J connectivity index is 1.30. The fourth-order valence-corrected chi connectivity index (χ4v) is 6.30. The molecule has 1 spiro atoms. The summed E-state index contributed by atoms with van der Waals surface area (Å²) in [7, 11) is 3.67. The molecule has 7 heteroatoms. The lowest BCUT2D eigenvalue weighted by molar-refractivity contribution is -0.124. The molecule has 1 aliphatic carbocycles. The Labute approximate surface area is 197 Å². The van der Waals surface area contributed by atoms with E-state index in [1.165, 1.54) is 24.0 Å². The first-order valence-corrected chi connectivity index (χ1v) is 13.0. The van der Waals surface area contributed by atoms with E-state index in [0.717, 1.165) is 74.1 Å². The van der Waals surface area contributed by atoms with Crippen molar-refractivity contribution in [3.63, 3.8) is 0 Å². The first kappa shape index (κ1) is 23.4. The largest absolute Gasteiger partial charge is 0.496 e. The number of amidine groups is 1. The van der Waals surface area contributed by atoms with Gasteiger partial charge in [-0.25, -0.2) is 0 Å². The topological polar surface area (TPSA) is 66.0 Å². The molecule has 0 atom stereocenters. The van der Waals surface area contributed by atoms with Crippen LogP contribution in [-0.4, -0.2) is 54.6 Å². The van der Waals surface area contributed by atoms with Gasteiger partial charge in [0.05, 0.1) is 7.11 Å². The molecular weight excluding hydrogens is 420 g/mol. The number of hydrogen-bond donors (Lipinski definition) is 2. The van der Waals surface area contributed by atoms with Crippen molar-refractivity contribution >= 4 is 29.4 Å². The Morgan fingerprint density at radius 2 is 1.97 bits per heavy atom. The predicted molar refractivity (Wildman–Crippen MR) is 134 cm³/mol. The summed E-state index contributed by atoms with van der Waals surface area (Å²) in [6.07, 6.45) is 7.43. The van der Waals surface area contributed by atoms with E-state index in [-0.39, 0.29) is 5.91 Å². The van der Waals surface area contributed by atoms with Gasteiger partial charge in [-0.3, -0.25) is 14.1 Å². The van der Waals surface area contributed by atoms with Gasteiger partial charge in [0.1, 0.15) is 17.1 Å². The van der Waals surface area contributed by atoms with Crippen molar-refractivity contribution in [2.75, 3.05) is 38.3 Å². The Morgan fingerprint density at radius 3 is 2.62 bits per heavy atom. The van der Waals surface area contributed by atoms with Gasteiger partial charge in [-0.1, -0.05) is 31.7 Å². The fourth-order valence-electron chi connectivity index (χ4n) is 5.30. The third-order valence-electron chi connectivity index (χ3n) is 7.52. The highest BCUT2D eigenvalue weighted by Crippen LogP contribution is 2.37. The van der Waals surface area contributed by atoms with E-state index >= 15 is 0 Å². The number of benzene rings is 1. The van der Waals surface area contributed by atoms with Crippen LogP contribution in [0.25, 0.3) is 0 Å². The van der Waals surface area contributed by atoms with Crippen molar-refractivity contribution < 1.29 is 9.53 Å². The summed E-state index contributed by atoms with van der Waals surface area (Å²) in [4.78, 5) is 17.9. The number of ether oxygens (including phenoxy) is 1. The van der Waals surface area contributed by atoms with Gasteiger partial charge in [0.15, 0.2) is 0 Å². The van der Waals surface area contributed by atoms with Crippen molar-refractivity contribution in [1.82, 2.24) is 9.62 Å². The van der Waals surface area contributed by atoms with Crippen molar-refractivity contribution in [1.29, 1.82) is 0 Å². The number of nitrogens with zero attached hydrogens (tertiary/aromatic N) is 2. The first-order chi connectivity index (χ1) is 15.4. The number of piperidine rings is 1. The van der Waals surface area contributed by atoms with Crippen molar-refractivity contribution in [2.45, 2.75) is 64.3 Å². The average Bonchev–Trinajstić information content (AvgIpc) is 3.12. The second kappa shape index (κ2) is 10.0. The van der Waals surface area contributed by atoms with Crippen molar-refractivity contribution in [3.05, 3.63) is 23.3 Å². The molecule has 1 saturated carbocycles. The van der Waals surface area contributed by atoms with Gasteiger partial charge in [-0.2, -0.15) is 0 Å². The molecule has 0 aromatic heterocycles. The van der Waals surface area contributed by atoms with E-state index in [1.807, 2.05) is 19.0 Å². The van der Waals surface area contributed by atoms with Gasteiger partial charge < -0.3 is 15.4 Å². The van der Waals surface area contributed by atoms with E-state index in [1.54, 1.807) is 7.11 Å². The number of hydrogen-bond acceptors (Lipinski definition) is 6. The van der Waals surface area contributed by atoms with E-state index in [9.17, 15) is 4.79 Å². The summed E-state index contributed by atoms with van der Waals surface area (Å²) in [6.45, 7) is 6.29. The molecule has 4 rings (SSSR count). The van der Waals surface area contributed by atoms with Crippen molar-refractivity contribution in [2.24, 2.45) is 16.8 Å². The minimum absolute atomic E-state index is 0.140. The average molecular weight is 459 g/mol. The van der Waals surface area contributed by atoms with Crippen LogP contribution in [0.3, 0.4) is 0 Å². The fraction of sp³-hybridized carbons (Fsp3) is 0.680. The summed E-state index contributed by atoms with van der Waals surface area (Å²) in [5.41, 5.74) is 3.10. The monoisotopic (exact) mass is 458 g/mol. The normalized spacial score (nSPS) is 25.5. The Morgan fingerprint density at radius 1 is 1.25 bits per heavy atom. The second-order valence-electron chi connectivity index (χ2n) is 9.68. The summed E-state index contributed by atoms with van der Waals surface area (Å²) in [5.74, 6) is 4.34. The van der Waals surface area contributed by atoms with Gasteiger partial charge in [-0.05, 0) is 62.1 Å². The number of amides is 1. The van der Waals surface area contributed by atoms with Gasteiger partial charge in [0, 0.05) is 43.6 Å². The maximum absolute atomic E-state index is 12.9. The quantitative estimate of drug-likeness (QED) is 0.592. The van der Waals surface area contributed by atoms with E-state index in [2.05, 4.69) is 40.9 Å². The molecule has 2 aliphatic heterocycles. The van der Waals surface area contributed by atoms with Crippen LogP contribution >= 0.6 is 11.9 Å². The first-order valence-electron chi connectivity index (χ1n) is 12.1. The molecule has 0 bridgehead atoms. The highest BCUT2D eigenvalue weighted by Gasteiger charge is 2.47. The molecule has 0 radical (unpaired) electrons. The Kier molecular flexibility index (Phi) is 7.35. The molecule has 2 N–H and O–H groups in total. The van der Waals surface area contributed by atoms with Crippen molar-refractivity contribution in [3.8, 4) is 5.75 Å². The van der Waals surface area contributed by atoms with Crippen LogP contribution in [0.2, 0.25) is 0 Å². The molecule has 1 saturated heterocycles. The van der Waals surface area contributed by atoms with Crippen LogP contribution in [0.1, 0.15) is 56.6 Å². The lowest BCUT2D eigenvalue weighted by Gasteiger charge is -2.34. The number of carbonyl (C=O) groups is 1. The number of aryl methyl sites for hydroxylation is 1. The zero-order chi connectivity index (χ0) is 22.7. The molecule has 3 aliphatic rings. The minimum atomic E-state index is -0.516. The predicted octanol–water partition coefficient (Wildman–Crippen LogP) is 4.43. The zero-order valence-corrected chi connectivity index (χ0v) is 20.8. The van der Waals surface area contributed by atoms with Crippen LogP contribution in [0.5, 0.6) is 5.75 Å². The van der Waals surface area contributed by atoms with Crippen LogP contribution in [-0.2, 0) is 11.2 Å². The van der Waals surface area contributed by atoms with E-state index < -0.39 is 5.54 Å². The lowest BCUT2D eigenvalue weighted by Crippen LogP contribution is -2.47. The number of methoxy groups -OCH3 is 1. The van der Waals surface area contributed by atoms with Gasteiger partial charge >= 0.3 is 0 Å². The SMILES string of the molecule is CNc1cc(C)c(CCSN2CCC3(CC2)N=C(C2CCC(C)CC2)NC3=O)c(OC)c1.